The maximum Gasteiger partial charge on any atom is 0.262 e. The minimum absolute atomic E-state index is 0.0266. The number of carbonyl (C=O) groups excluding carboxylic acids is 2. The number of nitrogens with zero attached hydrogens (tertiary/aromatic N) is 1. The van der Waals surface area contributed by atoms with Crippen LogP contribution in [0.15, 0.2) is 72.8 Å². The summed E-state index contributed by atoms with van der Waals surface area (Å²) in [4.78, 5) is 23.6. The van der Waals surface area contributed by atoms with Gasteiger partial charge in [-0.25, -0.2) is 0 Å². The second kappa shape index (κ2) is 10.6. The first kappa shape index (κ1) is 21.6. The van der Waals surface area contributed by atoms with Crippen LogP contribution in [0.3, 0.4) is 0 Å². The third-order valence-corrected chi connectivity index (χ3v) is 4.52. The standard InChI is InChI=1S/C25H22N2O4/c1-18(28)20-8-12-23(13-9-20)31-17-25(29)27-24-5-3-2-4-21(24)16-30-22-10-6-19(7-11-22)14-15-26/h2-13H,14,16-17H2,1H3,(H,27,29). The van der Waals surface area contributed by atoms with Crippen LogP contribution in [0.1, 0.15) is 28.4 Å². The van der Waals surface area contributed by atoms with E-state index in [-0.39, 0.29) is 24.9 Å². The van der Waals surface area contributed by atoms with Gasteiger partial charge in [-0.15, -0.1) is 0 Å². The van der Waals surface area contributed by atoms with Gasteiger partial charge < -0.3 is 14.8 Å². The molecule has 0 aliphatic heterocycles. The molecule has 3 aromatic carbocycles. The maximum atomic E-state index is 12.3. The highest BCUT2D eigenvalue weighted by molar-refractivity contribution is 5.94. The van der Waals surface area contributed by atoms with E-state index >= 15 is 0 Å². The van der Waals surface area contributed by atoms with E-state index in [0.717, 1.165) is 11.1 Å². The van der Waals surface area contributed by atoms with Crippen molar-refractivity contribution in [2.24, 2.45) is 0 Å². The van der Waals surface area contributed by atoms with Crippen molar-refractivity contribution in [2.45, 2.75) is 20.0 Å². The minimum atomic E-state index is -0.302. The van der Waals surface area contributed by atoms with Crippen molar-refractivity contribution in [1.82, 2.24) is 0 Å². The average molecular weight is 414 g/mol. The molecule has 0 saturated carbocycles. The van der Waals surface area contributed by atoms with Crippen molar-refractivity contribution in [3.8, 4) is 17.6 Å². The number of carbonyl (C=O) groups is 2. The molecule has 0 saturated heterocycles. The van der Waals surface area contributed by atoms with Gasteiger partial charge in [0.2, 0.25) is 0 Å². The number of anilines is 1. The molecular formula is C25H22N2O4. The molecule has 3 aromatic rings. The zero-order chi connectivity index (χ0) is 22.1. The largest absolute Gasteiger partial charge is 0.489 e. The summed E-state index contributed by atoms with van der Waals surface area (Å²) in [6.45, 7) is 1.62. The van der Waals surface area contributed by atoms with E-state index in [1.807, 2.05) is 42.5 Å². The minimum Gasteiger partial charge on any atom is -0.489 e. The predicted octanol–water partition coefficient (Wildman–Crippen LogP) is 4.55. The van der Waals surface area contributed by atoms with Gasteiger partial charge in [0.05, 0.1) is 12.5 Å². The fraction of sp³-hybridized carbons (Fsp3) is 0.160. The van der Waals surface area contributed by atoms with Crippen LogP contribution in [0.4, 0.5) is 5.69 Å². The summed E-state index contributed by atoms with van der Waals surface area (Å²) in [7, 11) is 0. The summed E-state index contributed by atoms with van der Waals surface area (Å²) in [5.41, 5.74) is 2.98. The molecule has 31 heavy (non-hydrogen) atoms. The molecule has 1 amide bonds. The quantitative estimate of drug-likeness (QED) is 0.519. The van der Waals surface area contributed by atoms with Crippen molar-refractivity contribution in [3.05, 3.63) is 89.5 Å². The highest BCUT2D eigenvalue weighted by Gasteiger charge is 2.09. The smallest absolute Gasteiger partial charge is 0.262 e. The number of ether oxygens (including phenoxy) is 2. The van der Waals surface area contributed by atoms with E-state index in [9.17, 15) is 9.59 Å². The van der Waals surface area contributed by atoms with Crippen LogP contribution in [-0.4, -0.2) is 18.3 Å². The average Bonchev–Trinajstić information content (AvgIpc) is 2.78. The molecule has 0 atom stereocenters. The van der Waals surface area contributed by atoms with Crippen molar-refractivity contribution >= 4 is 17.4 Å². The van der Waals surface area contributed by atoms with Gasteiger partial charge in [0.1, 0.15) is 18.1 Å². The molecule has 0 heterocycles. The van der Waals surface area contributed by atoms with Gasteiger partial charge in [-0.2, -0.15) is 5.26 Å². The van der Waals surface area contributed by atoms with Gasteiger partial charge >= 0.3 is 0 Å². The van der Waals surface area contributed by atoms with E-state index in [1.165, 1.54) is 6.92 Å². The Hall–Kier alpha value is -4.11. The van der Waals surface area contributed by atoms with Gasteiger partial charge in [-0.1, -0.05) is 30.3 Å². The van der Waals surface area contributed by atoms with Crippen LogP contribution in [0.5, 0.6) is 11.5 Å². The summed E-state index contributed by atoms with van der Waals surface area (Å²) < 4.78 is 11.3. The van der Waals surface area contributed by atoms with Crippen LogP contribution >= 0.6 is 0 Å². The van der Waals surface area contributed by atoms with E-state index in [4.69, 9.17) is 14.7 Å². The first-order chi connectivity index (χ1) is 15.0. The summed E-state index contributed by atoms with van der Waals surface area (Å²) in [6, 6.07) is 23.5. The Bertz CT molecular complexity index is 1080. The molecular weight excluding hydrogens is 392 g/mol. The van der Waals surface area contributed by atoms with E-state index < -0.39 is 0 Å². The molecule has 1 N–H and O–H groups in total. The summed E-state index contributed by atoms with van der Waals surface area (Å²) in [6.07, 6.45) is 0.359. The lowest BCUT2D eigenvalue weighted by Gasteiger charge is -2.13. The molecule has 0 bridgehead atoms. The van der Waals surface area contributed by atoms with Gasteiger partial charge in [0.25, 0.3) is 5.91 Å². The monoisotopic (exact) mass is 414 g/mol. The zero-order valence-electron chi connectivity index (χ0n) is 17.1. The number of rotatable bonds is 9. The van der Waals surface area contributed by atoms with Gasteiger partial charge in [0.15, 0.2) is 12.4 Å². The Kier molecular flexibility index (Phi) is 7.39. The molecule has 0 fully saturated rings. The maximum absolute atomic E-state index is 12.3. The molecule has 0 spiro atoms. The normalized spacial score (nSPS) is 10.1. The van der Waals surface area contributed by atoms with Crippen LogP contribution in [-0.2, 0) is 17.8 Å². The van der Waals surface area contributed by atoms with E-state index in [2.05, 4.69) is 11.4 Å². The Morgan fingerprint density at radius 1 is 0.903 bits per heavy atom. The van der Waals surface area contributed by atoms with Crippen molar-refractivity contribution < 1.29 is 19.1 Å². The zero-order valence-corrected chi connectivity index (χ0v) is 17.1. The fourth-order valence-electron chi connectivity index (χ4n) is 2.85. The number of para-hydroxylation sites is 1. The van der Waals surface area contributed by atoms with Crippen LogP contribution in [0, 0.1) is 11.3 Å². The number of amides is 1. The number of Topliss-reactive ketones (excluding diaryl/α,β-unsaturated/α-hetero) is 1. The lowest BCUT2D eigenvalue weighted by molar-refractivity contribution is -0.118. The van der Waals surface area contributed by atoms with Gasteiger partial charge in [0, 0.05) is 16.8 Å². The molecule has 3 rings (SSSR count). The van der Waals surface area contributed by atoms with Crippen molar-refractivity contribution in [3.63, 3.8) is 0 Å². The second-order valence-corrected chi connectivity index (χ2v) is 6.84. The molecule has 0 aliphatic rings. The lowest BCUT2D eigenvalue weighted by Crippen LogP contribution is -2.21. The first-order valence-electron chi connectivity index (χ1n) is 9.75. The number of ketones is 1. The second-order valence-electron chi connectivity index (χ2n) is 6.84. The molecule has 0 unspecified atom stereocenters. The Morgan fingerprint density at radius 2 is 1.55 bits per heavy atom. The van der Waals surface area contributed by atoms with E-state index in [0.29, 0.717) is 29.2 Å². The van der Waals surface area contributed by atoms with Crippen molar-refractivity contribution in [1.29, 1.82) is 5.26 Å². The molecule has 6 nitrogen and oxygen atoms in total. The topological polar surface area (TPSA) is 88.4 Å². The SMILES string of the molecule is CC(=O)c1ccc(OCC(=O)Nc2ccccc2COc2ccc(CC#N)cc2)cc1. The Balaban J connectivity index is 1.55. The van der Waals surface area contributed by atoms with Crippen LogP contribution in [0.25, 0.3) is 0 Å². The first-order valence-corrected chi connectivity index (χ1v) is 9.75. The Labute approximate surface area is 181 Å². The predicted molar refractivity (Wildman–Crippen MR) is 117 cm³/mol. The summed E-state index contributed by atoms with van der Waals surface area (Å²) in [5, 5.41) is 11.6. The van der Waals surface area contributed by atoms with Gasteiger partial charge in [-0.05, 0) is 55.0 Å². The number of nitrogens with one attached hydrogen (secondary N) is 1. The third kappa shape index (κ3) is 6.44. The number of hydrogen-bond acceptors (Lipinski definition) is 5. The lowest BCUT2D eigenvalue weighted by atomic mass is 10.1. The highest BCUT2D eigenvalue weighted by Crippen LogP contribution is 2.20. The molecule has 0 aliphatic carbocycles. The van der Waals surface area contributed by atoms with Crippen LogP contribution in [0.2, 0.25) is 0 Å². The number of nitriles is 1. The van der Waals surface area contributed by atoms with Gasteiger partial charge in [-0.3, -0.25) is 9.59 Å². The summed E-state index contributed by atoms with van der Waals surface area (Å²) >= 11 is 0. The van der Waals surface area contributed by atoms with E-state index in [1.54, 1.807) is 30.3 Å². The molecule has 0 aromatic heterocycles. The summed E-state index contributed by atoms with van der Waals surface area (Å²) in [5.74, 6) is 0.863. The Morgan fingerprint density at radius 3 is 2.23 bits per heavy atom. The fourth-order valence-corrected chi connectivity index (χ4v) is 2.85. The van der Waals surface area contributed by atoms with Crippen LogP contribution < -0.4 is 14.8 Å². The van der Waals surface area contributed by atoms with Crippen molar-refractivity contribution in [2.75, 3.05) is 11.9 Å². The molecule has 156 valence electrons. The molecule has 6 heteroatoms. The molecule has 0 radical (unpaired) electrons. The number of hydrogen-bond donors (Lipinski definition) is 1. The highest BCUT2D eigenvalue weighted by atomic mass is 16.5. The number of benzene rings is 3. The third-order valence-electron chi connectivity index (χ3n) is 4.52.